The summed E-state index contributed by atoms with van der Waals surface area (Å²) in [4.78, 5) is 26.3. The summed E-state index contributed by atoms with van der Waals surface area (Å²) in [5.74, 6) is 0.288. The Bertz CT molecular complexity index is 746. The molecule has 0 radical (unpaired) electrons. The van der Waals surface area contributed by atoms with Crippen LogP contribution in [0.2, 0.25) is 0 Å². The number of furan rings is 1. The van der Waals surface area contributed by atoms with Gasteiger partial charge in [0.2, 0.25) is 0 Å². The minimum atomic E-state index is -0.269. The number of hydrogen-bond donors (Lipinski definition) is 3. The van der Waals surface area contributed by atoms with Gasteiger partial charge in [-0.25, -0.2) is 4.79 Å². The maximum atomic E-state index is 12.3. The highest BCUT2D eigenvalue weighted by Crippen LogP contribution is 2.17. The summed E-state index contributed by atoms with van der Waals surface area (Å²) >= 11 is 0. The van der Waals surface area contributed by atoms with Gasteiger partial charge in [-0.2, -0.15) is 0 Å². The highest BCUT2D eigenvalue weighted by Gasteiger charge is 2.15. The standard InChI is InChI=1S/C19H24N4O3/c20-12-17-11-14(13-26-17)18(24)21-15-5-7-16(8-6-15)22-19(25)23-9-3-1-2-4-10-23/h5-8,11,13H,1-4,9-10,12,20H2,(H,21,24)(H,22,25). The predicted octanol–water partition coefficient (Wildman–Crippen LogP) is 3.40. The average Bonchev–Trinajstić information content (AvgIpc) is 2.97. The van der Waals surface area contributed by atoms with Crippen molar-refractivity contribution < 1.29 is 14.0 Å². The molecule has 1 aromatic carbocycles. The molecule has 7 heteroatoms. The molecule has 1 saturated heterocycles. The van der Waals surface area contributed by atoms with Crippen LogP contribution in [0.25, 0.3) is 0 Å². The Balaban J connectivity index is 1.55. The smallest absolute Gasteiger partial charge is 0.321 e. The monoisotopic (exact) mass is 356 g/mol. The van der Waals surface area contributed by atoms with Gasteiger partial charge in [0, 0.05) is 24.5 Å². The first-order valence-electron chi connectivity index (χ1n) is 8.90. The largest absolute Gasteiger partial charge is 0.467 e. The SMILES string of the molecule is NCc1cc(C(=O)Nc2ccc(NC(=O)N3CCCCCC3)cc2)co1. The summed E-state index contributed by atoms with van der Waals surface area (Å²) in [6.45, 7) is 1.85. The van der Waals surface area contributed by atoms with Crippen molar-refractivity contribution in [3.63, 3.8) is 0 Å². The molecule has 1 aromatic heterocycles. The van der Waals surface area contributed by atoms with Crippen LogP contribution in [0.15, 0.2) is 41.0 Å². The Morgan fingerprint density at radius 2 is 1.62 bits per heavy atom. The Morgan fingerprint density at radius 3 is 2.19 bits per heavy atom. The molecule has 1 aliphatic rings. The van der Waals surface area contributed by atoms with Crippen molar-refractivity contribution in [3.05, 3.63) is 47.9 Å². The molecule has 0 saturated carbocycles. The molecule has 138 valence electrons. The van der Waals surface area contributed by atoms with Crippen LogP contribution >= 0.6 is 0 Å². The van der Waals surface area contributed by atoms with Crippen molar-refractivity contribution in [2.75, 3.05) is 23.7 Å². The van der Waals surface area contributed by atoms with Gasteiger partial charge in [0.1, 0.15) is 12.0 Å². The summed E-state index contributed by atoms with van der Waals surface area (Å²) in [7, 11) is 0. The molecule has 2 aromatic rings. The van der Waals surface area contributed by atoms with Crippen LogP contribution in [0.3, 0.4) is 0 Å². The van der Waals surface area contributed by atoms with Gasteiger partial charge in [-0.05, 0) is 43.2 Å². The normalized spacial score (nSPS) is 14.6. The van der Waals surface area contributed by atoms with E-state index in [1.54, 1.807) is 30.3 Å². The molecule has 3 amide bonds. The molecular formula is C19H24N4O3. The summed E-state index contributed by atoms with van der Waals surface area (Å²) in [6, 6.07) is 8.58. The molecule has 0 bridgehead atoms. The van der Waals surface area contributed by atoms with Gasteiger partial charge in [0.05, 0.1) is 12.1 Å². The van der Waals surface area contributed by atoms with Crippen molar-refractivity contribution >= 4 is 23.3 Å². The molecule has 1 fully saturated rings. The molecule has 1 aliphatic heterocycles. The van der Waals surface area contributed by atoms with Gasteiger partial charge in [-0.1, -0.05) is 12.8 Å². The van der Waals surface area contributed by atoms with Crippen LogP contribution in [0.4, 0.5) is 16.2 Å². The second-order valence-electron chi connectivity index (χ2n) is 6.37. The van der Waals surface area contributed by atoms with Gasteiger partial charge < -0.3 is 25.7 Å². The fourth-order valence-electron chi connectivity index (χ4n) is 2.92. The minimum Gasteiger partial charge on any atom is -0.467 e. The van der Waals surface area contributed by atoms with Crippen LogP contribution in [-0.4, -0.2) is 29.9 Å². The van der Waals surface area contributed by atoms with Crippen LogP contribution in [0.5, 0.6) is 0 Å². The number of urea groups is 1. The zero-order valence-electron chi connectivity index (χ0n) is 14.7. The molecule has 0 spiro atoms. The molecule has 26 heavy (non-hydrogen) atoms. The number of amides is 3. The van der Waals surface area contributed by atoms with Crippen LogP contribution in [-0.2, 0) is 6.54 Å². The van der Waals surface area contributed by atoms with Crippen molar-refractivity contribution in [2.24, 2.45) is 5.73 Å². The molecule has 0 unspecified atom stereocenters. The second-order valence-corrected chi connectivity index (χ2v) is 6.37. The van der Waals surface area contributed by atoms with Crippen molar-refractivity contribution in [1.29, 1.82) is 0 Å². The zero-order valence-corrected chi connectivity index (χ0v) is 14.7. The summed E-state index contributed by atoms with van der Waals surface area (Å²) in [5, 5.41) is 5.69. The number of hydrogen-bond acceptors (Lipinski definition) is 4. The van der Waals surface area contributed by atoms with Crippen molar-refractivity contribution in [3.8, 4) is 0 Å². The first kappa shape index (κ1) is 18.0. The van der Waals surface area contributed by atoms with E-state index in [0.717, 1.165) is 25.9 Å². The fourth-order valence-corrected chi connectivity index (χ4v) is 2.92. The van der Waals surface area contributed by atoms with E-state index in [2.05, 4.69) is 10.6 Å². The topological polar surface area (TPSA) is 101 Å². The first-order chi connectivity index (χ1) is 12.7. The van der Waals surface area contributed by atoms with Crippen LogP contribution in [0, 0.1) is 0 Å². The lowest BCUT2D eigenvalue weighted by Gasteiger charge is -2.20. The number of nitrogens with one attached hydrogen (secondary N) is 2. The van der Waals surface area contributed by atoms with Gasteiger partial charge in [0.25, 0.3) is 5.91 Å². The third-order valence-corrected chi connectivity index (χ3v) is 4.40. The first-order valence-corrected chi connectivity index (χ1v) is 8.90. The number of carbonyl (C=O) groups is 2. The highest BCUT2D eigenvalue weighted by atomic mass is 16.3. The third-order valence-electron chi connectivity index (χ3n) is 4.40. The van der Waals surface area contributed by atoms with E-state index in [9.17, 15) is 9.59 Å². The lowest BCUT2D eigenvalue weighted by atomic mass is 10.2. The van der Waals surface area contributed by atoms with Gasteiger partial charge >= 0.3 is 6.03 Å². The average molecular weight is 356 g/mol. The fraction of sp³-hybridized carbons (Fsp3) is 0.368. The second kappa shape index (κ2) is 8.53. The Kier molecular flexibility index (Phi) is 5.91. The Labute approximate surface area is 152 Å². The van der Waals surface area contributed by atoms with Gasteiger partial charge in [0.15, 0.2) is 0 Å². The summed E-state index contributed by atoms with van der Waals surface area (Å²) < 4.78 is 5.16. The quantitative estimate of drug-likeness (QED) is 0.781. The molecule has 3 rings (SSSR count). The number of nitrogens with zero attached hydrogens (tertiary/aromatic N) is 1. The summed E-state index contributed by atoms with van der Waals surface area (Å²) in [6.07, 6.45) is 5.85. The Hall–Kier alpha value is -2.80. The van der Waals surface area contributed by atoms with E-state index in [-0.39, 0.29) is 18.5 Å². The maximum Gasteiger partial charge on any atom is 0.321 e. The minimum absolute atomic E-state index is 0.0728. The predicted molar refractivity (Wildman–Crippen MR) is 100 cm³/mol. The van der Waals surface area contributed by atoms with E-state index in [1.807, 2.05) is 4.90 Å². The van der Waals surface area contributed by atoms with Crippen LogP contribution < -0.4 is 16.4 Å². The van der Waals surface area contributed by atoms with Gasteiger partial charge in [-0.15, -0.1) is 0 Å². The maximum absolute atomic E-state index is 12.3. The lowest BCUT2D eigenvalue weighted by molar-refractivity contribution is 0.102. The van der Waals surface area contributed by atoms with Crippen molar-refractivity contribution in [1.82, 2.24) is 4.90 Å². The number of likely N-dealkylation sites (tertiary alicyclic amines) is 1. The van der Waals surface area contributed by atoms with E-state index in [0.29, 0.717) is 22.7 Å². The van der Waals surface area contributed by atoms with Gasteiger partial charge in [-0.3, -0.25) is 4.79 Å². The number of nitrogens with two attached hydrogens (primary N) is 1. The van der Waals surface area contributed by atoms with E-state index in [4.69, 9.17) is 10.2 Å². The lowest BCUT2D eigenvalue weighted by Crippen LogP contribution is -2.35. The number of carbonyl (C=O) groups excluding carboxylic acids is 2. The molecule has 0 aliphatic carbocycles. The highest BCUT2D eigenvalue weighted by molar-refractivity contribution is 6.04. The van der Waals surface area contributed by atoms with E-state index in [1.165, 1.54) is 19.1 Å². The number of anilines is 2. The number of benzene rings is 1. The van der Waals surface area contributed by atoms with E-state index >= 15 is 0 Å². The molecule has 0 atom stereocenters. The molecular weight excluding hydrogens is 332 g/mol. The Morgan fingerprint density at radius 1 is 1.00 bits per heavy atom. The number of rotatable bonds is 4. The van der Waals surface area contributed by atoms with E-state index < -0.39 is 0 Å². The van der Waals surface area contributed by atoms with Crippen molar-refractivity contribution in [2.45, 2.75) is 32.2 Å². The molecule has 2 heterocycles. The molecule has 4 N–H and O–H groups in total. The summed E-state index contributed by atoms with van der Waals surface area (Å²) in [5.41, 5.74) is 7.23. The molecule has 7 nitrogen and oxygen atoms in total. The van der Waals surface area contributed by atoms with Crippen LogP contribution in [0.1, 0.15) is 41.8 Å². The zero-order chi connectivity index (χ0) is 18.4. The third kappa shape index (κ3) is 4.64.